The number of para-hydroxylation sites is 1. The highest BCUT2D eigenvalue weighted by atomic mass is 32.2. The lowest BCUT2D eigenvalue weighted by molar-refractivity contribution is -0.385. The fraction of sp³-hybridized carbons (Fsp3) is 0.263. The number of benzene rings is 2. The lowest BCUT2D eigenvalue weighted by Crippen LogP contribution is -2.27. The maximum Gasteiger partial charge on any atom is 0.271 e. The van der Waals surface area contributed by atoms with Gasteiger partial charge in [-0.3, -0.25) is 10.1 Å². The zero-order valence-electron chi connectivity index (χ0n) is 16.0. The molecule has 1 atom stereocenters. The van der Waals surface area contributed by atoms with Gasteiger partial charge in [-0.05, 0) is 32.0 Å². The topological polar surface area (TPSA) is 121 Å². The molecule has 0 aliphatic carbocycles. The molecule has 3 rings (SSSR count). The Morgan fingerprint density at radius 1 is 1.21 bits per heavy atom. The summed E-state index contributed by atoms with van der Waals surface area (Å²) in [5.74, 6) is 0.935. The van der Waals surface area contributed by atoms with Crippen LogP contribution >= 0.6 is 0 Å². The Morgan fingerprint density at radius 2 is 1.97 bits per heavy atom. The normalized spacial score (nSPS) is 12.7. The van der Waals surface area contributed by atoms with Gasteiger partial charge in [-0.15, -0.1) is 0 Å². The summed E-state index contributed by atoms with van der Waals surface area (Å²) >= 11 is 0. The lowest BCUT2D eigenvalue weighted by atomic mass is 10.2. The average Bonchev–Trinajstić information content (AvgIpc) is 3.13. The van der Waals surface area contributed by atoms with Gasteiger partial charge in [-0.1, -0.05) is 12.1 Å². The SMILES string of the molecule is CCOc1cccc2cc(C(C)NS(=O)(=O)c3cc([N+](=O)[O-])ccc3OC)oc12. The van der Waals surface area contributed by atoms with Gasteiger partial charge in [0.05, 0.1) is 24.7 Å². The molecule has 0 radical (unpaired) electrons. The Bertz CT molecular complexity index is 1150. The van der Waals surface area contributed by atoms with E-state index in [9.17, 15) is 18.5 Å². The fourth-order valence-electron chi connectivity index (χ4n) is 2.88. The zero-order chi connectivity index (χ0) is 21.2. The van der Waals surface area contributed by atoms with Gasteiger partial charge < -0.3 is 13.9 Å². The van der Waals surface area contributed by atoms with E-state index in [2.05, 4.69) is 4.72 Å². The third kappa shape index (κ3) is 4.17. The second-order valence-electron chi connectivity index (χ2n) is 6.19. The number of ether oxygens (including phenoxy) is 2. The van der Waals surface area contributed by atoms with Gasteiger partial charge >= 0.3 is 0 Å². The maximum atomic E-state index is 12.9. The van der Waals surface area contributed by atoms with Crippen LogP contribution < -0.4 is 14.2 Å². The first-order chi connectivity index (χ1) is 13.8. The van der Waals surface area contributed by atoms with Crippen LogP contribution in [0.25, 0.3) is 11.0 Å². The molecule has 0 bridgehead atoms. The summed E-state index contributed by atoms with van der Waals surface area (Å²) in [5, 5.41) is 11.8. The van der Waals surface area contributed by atoms with E-state index >= 15 is 0 Å². The number of nitro groups is 1. The zero-order valence-corrected chi connectivity index (χ0v) is 16.9. The van der Waals surface area contributed by atoms with E-state index in [1.165, 1.54) is 19.2 Å². The fourth-order valence-corrected chi connectivity index (χ4v) is 4.28. The van der Waals surface area contributed by atoms with Crippen molar-refractivity contribution in [2.75, 3.05) is 13.7 Å². The van der Waals surface area contributed by atoms with E-state index in [1.807, 2.05) is 19.1 Å². The number of hydrogen-bond acceptors (Lipinski definition) is 7. The summed E-state index contributed by atoms with van der Waals surface area (Å²) in [6.07, 6.45) is 0. The largest absolute Gasteiger partial charge is 0.495 e. The van der Waals surface area contributed by atoms with E-state index in [-0.39, 0.29) is 16.3 Å². The molecular formula is C19H20N2O7S. The first kappa shape index (κ1) is 20.6. The first-order valence-electron chi connectivity index (χ1n) is 8.76. The highest BCUT2D eigenvalue weighted by molar-refractivity contribution is 7.89. The summed E-state index contributed by atoms with van der Waals surface area (Å²) in [6.45, 7) is 3.93. The molecule has 0 aliphatic heterocycles. The minimum atomic E-state index is -4.13. The number of nitrogens with zero attached hydrogens (tertiary/aromatic N) is 1. The van der Waals surface area contributed by atoms with Crippen LogP contribution in [0, 0.1) is 10.1 Å². The van der Waals surface area contributed by atoms with Crippen molar-refractivity contribution in [1.82, 2.24) is 4.72 Å². The molecule has 1 heterocycles. The van der Waals surface area contributed by atoms with Gasteiger partial charge in [-0.2, -0.15) is 0 Å². The molecule has 0 saturated heterocycles. The Labute approximate surface area is 167 Å². The molecule has 154 valence electrons. The van der Waals surface area contributed by atoms with E-state index in [1.54, 1.807) is 19.1 Å². The molecule has 29 heavy (non-hydrogen) atoms. The Hall–Kier alpha value is -3.11. The van der Waals surface area contributed by atoms with E-state index in [4.69, 9.17) is 13.9 Å². The van der Waals surface area contributed by atoms with E-state index in [0.717, 1.165) is 11.5 Å². The molecule has 1 aromatic heterocycles. The van der Waals surface area contributed by atoms with Gasteiger partial charge in [-0.25, -0.2) is 13.1 Å². The second kappa shape index (κ2) is 8.10. The summed E-state index contributed by atoms with van der Waals surface area (Å²) in [7, 11) is -2.85. The number of nitro benzene ring substituents is 1. The number of fused-ring (bicyclic) bond motifs is 1. The first-order valence-corrected chi connectivity index (χ1v) is 10.2. The second-order valence-corrected chi connectivity index (χ2v) is 7.87. The minimum Gasteiger partial charge on any atom is -0.495 e. The average molecular weight is 420 g/mol. The van der Waals surface area contributed by atoms with E-state index in [0.29, 0.717) is 23.7 Å². The van der Waals surface area contributed by atoms with Gasteiger partial charge in [0.1, 0.15) is 16.4 Å². The van der Waals surface area contributed by atoms with Crippen molar-refractivity contribution in [1.29, 1.82) is 0 Å². The maximum absolute atomic E-state index is 12.9. The van der Waals surface area contributed by atoms with Crippen LogP contribution in [0.3, 0.4) is 0 Å². The number of furan rings is 1. The molecule has 0 fully saturated rings. The molecule has 0 aliphatic rings. The molecule has 3 aromatic rings. The van der Waals surface area contributed by atoms with Gasteiger partial charge in [0.15, 0.2) is 11.3 Å². The van der Waals surface area contributed by atoms with Gasteiger partial charge in [0, 0.05) is 17.5 Å². The van der Waals surface area contributed by atoms with Crippen LogP contribution in [0.5, 0.6) is 11.5 Å². The molecule has 0 amide bonds. The predicted molar refractivity (Wildman–Crippen MR) is 106 cm³/mol. The number of hydrogen-bond donors (Lipinski definition) is 1. The Morgan fingerprint density at radius 3 is 2.62 bits per heavy atom. The number of methoxy groups -OCH3 is 1. The quantitative estimate of drug-likeness (QED) is 0.435. The third-order valence-corrected chi connectivity index (χ3v) is 5.80. The Balaban J connectivity index is 1.95. The van der Waals surface area contributed by atoms with Crippen molar-refractivity contribution in [2.24, 2.45) is 0 Å². The highest BCUT2D eigenvalue weighted by Gasteiger charge is 2.26. The monoisotopic (exact) mass is 420 g/mol. The molecular weight excluding hydrogens is 400 g/mol. The molecule has 1 unspecified atom stereocenters. The highest BCUT2D eigenvalue weighted by Crippen LogP contribution is 2.33. The molecule has 0 saturated carbocycles. The standard InChI is InChI=1S/C19H20N2O7S/c1-4-27-16-7-5-6-13-10-17(28-19(13)16)12(2)20-29(24,25)18-11-14(21(22)23)8-9-15(18)26-3/h5-12,20H,4H2,1-3H3. The van der Waals surface area contributed by atoms with Gasteiger partial charge in [0.25, 0.3) is 5.69 Å². The summed E-state index contributed by atoms with van der Waals surface area (Å²) in [6, 6.07) is 9.76. The molecule has 1 N–H and O–H groups in total. The van der Waals surface area contributed by atoms with Crippen LogP contribution in [0.15, 0.2) is 51.8 Å². The van der Waals surface area contributed by atoms with Gasteiger partial charge in [0.2, 0.25) is 10.0 Å². The molecule has 0 spiro atoms. The van der Waals surface area contributed by atoms with E-state index < -0.39 is 21.0 Å². The third-order valence-electron chi connectivity index (χ3n) is 4.23. The predicted octanol–water partition coefficient (Wildman–Crippen LogP) is 3.79. The number of nitrogens with one attached hydrogen (secondary N) is 1. The van der Waals surface area contributed by atoms with Crippen LogP contribution in [-0.4, -0.2) is 27.1 Å². The van der Waals surface area contributed by atoms with Crippen molar-refractivity contribution in [3.05, 3.63) is 58.3 Å². The van der Waals surface area contributed by atoms with Crippen molar-refractivity contribution < 1.29 is 27.2 Å². The smallest absolute Gasteiger partial charge is 0.271 e. The van der Waals surface area contributed by atoms with Crippen LogP contribution in [0.1, 0.15) is 25.6 Å². The lowest BCUT2D eigenvalue weighted by Gasteiger charge is -2.14. The van der Waals surface area contributed by atoms with Crippen LogP contribution in [-0.2, 0) is 10.0 Å². The van der Waals surface area contributed by atoms with Crippen LogP contribution in [0.4, 0.5) is 5.69 Å². The Kier molecular flexibility index (Phi) is 5.76. The molecule has 9 nitrogen and oxygen atoms in total. The summed E-state index contributed by atoms with van der Waals surface area (Å²) in [5.41, 5.74) is 0.159. The van der Waals surface area contributed by atoms with Crippen molar-refractivity contribution in [2.45, 2.75) is 24.8 Å². The minimum absolute atomic E-state index is 0.00135. The van der Waals surface area contributed by atoms with Crippen LogP contribution in [0.2, 0.25) is 0 Å². The molecule has 2 aromatic carbocycles. The van der Waals surface area contributed by atoms with Crippen molar-refractivity contribution in [3.8, 4) is 11.5 Å². The van der Waals surface area contributed by atoms with Crippen molar-refractivity contribution >= 4 is 26.7 Å². The summed E-state index contributed by atoms with van der Waals surface area (Å²) < 4.78 is 44.6. The van der Waals surface area contributed by atoms with Crippen molar-refractivity contribution in [3.63, 3.8) is 0 Å². The molecule has 10 heteroatoms. The number of non-ortho nitro benzene ring substituents is 1. The number of rotatable bonds is 8. The summed E-state index contributed by atoms with van der Waals surface area (Å²) in [4.78, 5) is 10.0. The number of sulfonamides is 1.